The lowest BCUT2D eigenvalue weighted by Gasteiger charge is -2.33. The summed E-state index contributed by atoms with van der Waals surface area (Å²) in [4.78, 5) is -0.0704. The van der Waals surface area contributed by atoms with Gasteiger partial charge in [-0.1, -0.05) is 18.3 Å². The fourth-order valence-electron chi connectivity index (χ4n) is 2.01. The number of nitrogens with zero attached hydrogens (tertiary/aromatic N) is 1. The molecule has 1 aromatic rings. The van der Waals surface area contributed by atoms with Crippen LogP contribution >= 0.6 is 0 Å². The van der Waals surface area contributed by atoms with Crippen molar-refractivity contribution in [2.45, 2.75) is 30.2 Å². The Kier molecular flexibility index (Phi) is 4.43. The SMILES string of the molecule is CN(C1CCC1)S(=O)(=O)c1ccc(C#CCO)c(F)c1. The summed E-state index contributed by atoms with van der Waals surface area (Å²) in [5, 5.41) is 8.57. The average molecular weight is 297 g/mol. The van der Waals surface area contributed by atoms with E-state index in [0.717, 1.165) is 25.3 Å². The van der Waals surface area contributed by atoms with Gasteiger partial charge in [0.25, 0.3) is 0 Å². The van der Waals surface area contributed by atoms with Gasteiger partial charge in [0, 0.05) is 13.1 Å². The summed E-state index contributed by atoms with van der Waals surface area (Å²) < 4.78 is 39.8. The molecule has 0 saturated heterocycles. The van der Waals surface area contributed by atoms with Crippen molar-refractivity contribution in [2.75, 3.05) is 13.7 Å². The highest BCUT2D eigenvalue weighted by Gasteiger charge is 2.32. The molecule has 6 heteroatoms. The molecular formula is C14H16FNO3S. The van der Waals surface area contributed by atoms with E-state index in [1.54, 1.807) is 0 Å². The molecule has 0 bridgehead atoms. The molecule has 0 amide bonds. The van der Waals surface area contributed by atoms with Gasteiger partial charge in [-0.2, -0.15) is 4.31 Å². The van der Waals surface area contributed by atoms with E-state index in [-0.39, 0.29) is 23.1 Å². The third kappa shape index (κ3) is 2.85. The van der Waals surface area contributed by atoms with Crippen LogP contribution in [0.2, 0.25) is 0 Å². The van der Waals surface area contributed by atoms with Gasteiger partial charge in [-0.25, -0.2) is 12.8 Å². The maximum atomic E-state index is 13.8. The molecule has 4 nitrogen and oxygen atoms in total. The Morgan fingerprint density at radius 2 is 2.15 bits per heavy atom. The Morgan fingerprint density at radius 1 is 1.45 bits per heavy atom. The fraction of sp³-hybridized carbons (Fsp3) is 0.429. The standard InChI is InChI=1S/C14H16FNO3S/c1-16(12-5-2-6-12)20(18,19)13-8-7-11(4-3-9-17)14(15)10-13/h7-8,10,12,17H,2,5-6,9H2,1H3. The van der Waals surface area contributed by atoms with E-state index in [0.29, 0.717) is 0 Å². The molecule has 1 fully saturated rings. The third-order valence-corrected chi connectivity index (χ3v) is 5.41. The van der Waals surface area contributed by atoms with Crippen LogP contribution in [0.5, 0.6) is 0 Å². The van der Waals surface area contributed by atoms with Gasteiger partial charge in [0.1, 0.15) is 12.4 Å². The van der Waals surface area contributed by atoms with Crippen molar-refractivity contribution in [3.8, 4) is 11.8 Å². The van der Waals surface area contributed by atoms with Crippen molar-refractivity contribution in [1.29, 1.82) is 0 Å². The second kappa shape index (κ2) is 5.92. The topological polar surface area (TPSA) is 57.6 Å². The quantitative estimate of drug-likeness (QED) is 0.857. The monoisotopic (exact) mass is 297 g/mol. The Morgan fingerprint density at radius 3 is 2.65 bits per heavy atom. The maximum absolute atomic E-state index is 13.8. The summed E-state index contributed by atoms with van der Waals surface area (Å²) in [6.45, 7) is -0.371. The molecule has 0 heterocycles. The number of aliphatic hydroxyl groups excluding tert-OH is 1. The highest BCUT2D eigenvalue weighted by Crippen LogP contribution is 2.28. The molecule has 1 N–H and O–H groups in total. The van der Waals surface area contributed by atoms with Gasteiger partial charge < -0.3 is 5.11 Å². The van der Waals surface area contributed by atoms with Crippen LogP contribution in [0.25, 0.3) is 0 Å². The maximum Gasteiger partial charge on any atom is 0.243 e. The van der Waals surface area contributed by atoms with Gasteiger partial charge in [-0.05, 0) is 31.0 Å². The predicted octanol–water partition coefficient (Wildman–Crippen LogP) is 1.34. The van der Waals surface area contributed by atoms with Crippen molar-refractivity contribution < 1.29 is 17.9 Å². The molecule has 1 saturated carbocycles. The molecule has 0 radical (unpaired) electrons. The average Bonchev–Trinajstić information content (AvgIpc) is 2.35. The summed E-state index contributed by atoms with van der Waals surface area (Å²) in [6.07, 6.45) is 2.71. The van der Waals surface area contributed by atoms with Crippen LogP contribution in [0, 0.1) is 17.7 Å². The molecule has 1 aliphatic carbocycles. The van der Waals surface area contributed by atoms with E-state index < -0.39 is 15.8 Å². The molecule has 0 spiro atoms. The summed E-state index contributed by atoms with van der Waals surface area (Å²) in [5.74, 6) is 4.06. The van der Waals surface area contributed by atoms with Crippen molar-refractivity contribution in [3.63, 3.8) is 0 Å². The number of halogens is 1. The number of sulfonamides is 1. The van der Waals surface area contributed by atoms with E-state index in [9.17, 15) is 12.8 Å². The molecule has 0 aliphatic heterocycles. The van der Waals surface area contributed by atoms with E-state index >= 15 is 0 Å². The van der Waals surface area contributed by atoms with Crippen LogP contribution < -0.4 is 0 Å². The summed E-state index contributed by atoms with van der Waals surface area (Å²) in [7, 11) is -2.14. The van der Waals surface area contributed by atoms with Gasteiger partial charge in [0.15, 0.2) is 0 Å². The second-order valence-corrected chi connectivity index (χ2v) is 6.71. The molecular weight excluding hydrogens is 281 g/mol. The van der Waals surface area contributed by atoms with Crippen LogP contribution in [-0.4, -0.2) is 37.5 Å². The Hall–Kier alpha value is -1.42. The van der Waals surface area contributed by atoms with Crippen LogP contribution in [0.3, 0.4) is 0 Å². The number of benzene rings is 1. The molecule has 108 valence electrons. The summed E-state index contributed by atoms with van der Waals surface area (Å²) in [5.41, 5.74) is 0.0734. The van der Waals surface area contributed by atoms with E-state index in [1.165, 1.54) is 23.5 Å². The van der Waals surface area contributed by atoms with E-state index in [1.807, 2.05) is 0 Å². The number of aliphatic hydroxyl groups is 1. The highest BCUT2D eigenvalue weighted by atomic mass is 32.2. The van der Waals surface area contributed by atoms with E-state index in [2.05, 4.69) is 11.8 Å². The molecule has 1 aliphatic rings. The zero-order valence-electron chi connectivity index (χ0n) is 11.1. The lowest BCUT2D eigenvalue weighted by atomic mass is 9.94. The van der Waals surface area contributed by atoms with Gasteiger partial charge in [0.2, 0.25) is 10.0 Å². The minimum atomic E-state index is -3.66. The number of rotatable bonds is 3. The summed E-state index contributed by atoms with van der Waals surface area (Å²) >= 11 is 0. The predicted molar refractivity (Wildman–Crippen MR) is 73.0 cm³/mol. The molecule has 0 aromatic heterocycles. The van der Waals surface area contributed by atoms with Crippen LogP contribution in [0.15, 0.2) is 23.1 Å². The fourth-order valence-corrected chi connectivity index (χ4v) is 3.43. The van der Waals surface area contributed by atoms with Gasteiger partial charge in [-0.3, -0.25) is 0 Å². The minimum absolute atomic E-state index is 0.0110. The molecule has 0 atom stereocenters. The highest BCUT2D eigenvalue weighted by molar-refractivity contribution is 7.89. The Bertz CT molecular complexity index is 657. The number of hydrogen-bond donors (Lipinski definition) is 1. The number of hydrogen-bond acceptors (Lipinski definition) is 3. The first-order chi connectivity index (χ1) is 9.46. The van der Waals surface area contributed by atoms with Crippen molar-refractivity contribution in [2.24, 2.45) is 0 Å². The van der Waals surface area contributed by atoms with Crippen LogP contribution in [0.4, 0.5) is 4.39 Å². The molecule has 20 heavy (non-hydrogen) atoms. The van der Waals surface area contributed by atoms with Crippen molar-refractivity contribution in [3.05, 3.63) is 29.6 Å². The first-order valence-corrected chi connectivity index (χ1v) is 7.78. The first-order valence-electron chi connectivity index (χ1n) is 6.34. The molecule has 0 unspecified atom stereocenters. The lowest BCUT2D eigenvalue weighted by molar-refractivity contribution is 0.249. The summed E-state index contributed by atoms with van der Waals surface area (Å²) in [6, 6.07) is 3.65. The Labute approximate surface area is 118 Å². The van der Waals surface area contributed by atoms with Gasteiger partial charge >= 0.3 is 0 Å². The zero-order chi connectivity index (χ0) is 14.8. The smallest absolute Gasteiger partial charge is 0.243 e. The van der Waals surface area contributed by atoms with Crippen molar-refractivity contribution in [1.82, 2.24) is 4.31 Å². The van der Waals surface area contributed by atoms with Crippen LogP contribution in [-0.2, 0) is 10.0 Å². The van der Waals surface area contributed by atoms with Gasteiger partial charge in [0.05, 0.1) is 10.5 Å². The van der Waals surface area contributed by atoms with E-state index in [4.69, 9.17) is 5.11 Å². The Balaban J connectivity index is 2.30. The first kappa shape index (κ1) is 15.0. The largest absolute Gasteiger partial charge is 0.384 e. The normalized spacial score (nSPS) is 15.6. The molecule has 1 aromatic carbocycles. The zero-order valence-corrected chi connectivity index (χ0v) is 12.0. The second-order valence-electron chi connectivity index (χ2n) is 4.71. The van der Waals surface area contributed by atoms with Crippen LogP contribution in [0.1, 0.15) is 24.8 Å². The third-order valence-electron chi connectivity index (χ3n) is 3.51. The molecule has 2 rings (SSSR count). The minimum Gasteiger partial charge on any atom is -0.384 e. The van der Waals surface area contributed by atoms with Gasteiger partial charge in [-0.15, -0.1) is 0 Å². The lowest BCUT2D eigenvalue weighted by Crippen LogP contribution is -2.41. The van der Waals surface area contributed by atoms with Crippen molar-refractivity contribution >= 4 is 10.0 Å².